The van der Waals surface area contributed by atoms with Gasteiger partial charge < -0.3 is 7.80 Å². The van der Waals surface area contributed by atoms with Crippen molar-refractivity contribution in [2.24, 2.45) is 11.8 Å². The van der Waals surface area contributed by atoms with Gasteiger partial charge in [0.15, 0.2) is 28.9 Å². The maximum absolute atomic E-state index is 13.7. The fourth-order valence-corrected chi connectivity index (χ4v) is 4.19. The molecule has 1 unspecified atom stereocenters. The summed E-state index contributed by atoms with van der Waals surface area (Å²) in [5, 5.41) is 0.826. The summed E-state index contributed by atoms with van der Waals surface area (Å²) < 4.78 is 23.2. The number of hydrogen-bond donors (Lipinski definition) is 0. The molecule has 1 fully saturated rings. The maximum Gasteiger partial charge on any atom is 0.330 e. The molecule has 1 aliphatic rings. The van der Waals surface area contributed by atoms with Crippen LogP contribution in [0.25, 0.3) is 10.9 Å². The third-order valence-electron chi connectivity index (χ3n) is 5.21. The number of fused-ring (bicyclic) bond motifs is 1. The zero-order chi connectivity index (χ0) is 18.7. The summed E-state index contributed by atoms with van der Waals surface area (Å²) in [6.07, 6.45) is 4.77. The van der Waals surface area contributed by atoms with E-state index >= 15 is 0 Å². The molecule has 5 nitrogen and oxygen atoms in total. The predicted molar refractivity (Wildman–Crippen MR) is 102 cm³/mol. The Morgan fingerprint density at radius 3 is 2.58 bits per heavy atom. The smallest absolute Gasteiger partial charge is 0.330 e. The molecule has 0 amide bonds. The lowest BCUT2D eigenvalue weighted by Crippen LogP contribution is -2.34. The topological polar surface area (TPSA) is 65.5 Å². The van der Waals surface area contributed by atoms with Gasteiger partial charge in [0.05, 0.1) is 12.6 Å². The molecule has 0 spiro atoms. The molecule has 1 heterocycles. The zero-order valence-corrected chi connectivity index (χ0v) is 16.4. The Morgan fingerprint density at radius 2 is 1.92 bits per heavy atom. The van der Waals surface area contributed by atoms with Crippen LogP contribution >= 0.6 is 23.0 Å². The summed E-state index contributed by atoms with van der Waals surface area (Å²) in [5.74, 6) is -2.14. The average molecular weight is 471 g/mol. The molecule has 0 N–H and O–H groups in total. The molecule has 1 aromatic heterocycles. The number of esters is 1. The zero-order valence-electron chi connectivity index (χ0n) is 14.3. The van der Waals surface area contributed by atoms with Gasteiger partial charge in [0.25, 0.3) is 0 Å². The van der Waals surface area contributed by atoms with Gasteiger partial charge in [-0.3, -0.25) is 14.6 Å². The van der Waals surface area contributed by atoms with Crippen molar-refractivity contribution in [2.75, 3.05) is 7.11 Å². The van der Waals surface area contributed by atoms with E-state index in [1.807, 2.05) is 6.07 Å². The summed E-state index contributed by atoms with van der Waals surface area (Å²) in [6, 6.07) is 6.55. The Bertz CT molecular complexity index is 804. The van der Waals surface area contributed by atoms with Crippen molar-refractivity contribution in [2.45, 2.75) is 31.6 Å². The number of carbonyl (C=O) groups excluding carboxylic acids is 2. The van der Waals surface area contributed by atoms with E-state index in [0.717, 1.165) is 29.3 Å². The van der Waals surface area contributed by atoms with E-state index in [1.54, 1.807) is 12.3 Å². The minimum atomic E-state index is -0.885. The molecule has 1 aromatic carbocycles. The highest BCUT2D eigenvalue weighted by atomic mass is 127. The summed E-state index contributed by atoms with van der Waals surface area (Å²) >= 11 is 1.50. The molecule has 0 radical (unpaired) electrons. The van der Waals surface area contributed by atoms with E-state index in [4.69, 9.17) is 7.80 Å². The largest absolute Gasteiger partial charge is 0.468 e. The number of nitrogens with zero attached hydrogens (tertiary/aromatic N) is 1. The van der Waals surface area contributed by atoms with Crippen LogP contribution in [0.4, 0.5) is 4.39 Å². The third kappa shape index (κ3) is 3.82. The maximum atomic E-state index is 13.7. The molecule has 7 heteroatoms. The van der Waals surface area contributed by atoms with Crippen molar-refractivity contribution >= 4 is 45.8 Å². The number of methoxy groups -OCH3 is 1. The molecular formula is C19H19FINO4. The molecule has 3 rings (SSSR count). The predicted octanol–water partition coefficient (Wildman–Crippen LogP) is 4.33. The SMILES string of the molecule is COC(=O)C(C(=O)OI)[C@H]1CC[C@@H](c2ccnc3ccc(F)cc32)CC1. The van der Waals surface area contributed by atoms with Crippen molar-refractivity contribution in [3.05, 3.63) is 41.8 Å². The van der Waals surface area contributed by atoms with Gasteiger partial charge in [-0.05, 0) is 67.3 Å². The number of pyridine rings is 1. The Hall–Kier alpha value is -1.77. The van der Waals surface area contributed by atoms with Crippen LogP contribution in [0.5, 0.6) is 0 Å². The minimum Gasteiger partial charge on any atom is -0.468 e. The normalized spacial score (nSPS) is 21.2. The van der Waals surface area contributed by atoms with E-state index < -0.39 is 17.9 Å². The van der Waals surface area contributed by atoms with Crippen LogP contribution < -0.4 is 0 Å². The number of halogens is 2. The van der Waals surface area contributed by atoms with Gasteiger partial charge in [-0.15, -0.1) is 0 Å². The van der Waals surface area contributed by atoms with Crippen LogP contribution in [0.1, 0.15) is 37.2 Å². The van der Waals surface area contributed by atoms with Crippen LogP contribution in [-0.4, -0.2) is 24.0 Å². The van der Waals surface area contributed by atoms with Gasteiger partial charge >= 0.3 is 11.9 Å². The number of rotatable bonds is 4. The Balaban J connectivity index is 1.79. The Labute approximate surface area is 165 Å². The van der Waals surface area contributed by atoms with Gasteiger partial charge in [0, 0.05) is 11.6 Å². The second kappa shape index (κ2) is 8.28. The Kier molecular flexibility index (Phi) is 6.05. The van der Waals surface area contributed by atoms with E-state index in [-0.39, 0.29) is 17.7 Å². The van der Waals surface area contributed by atoms with Crippen molar-refractivity contribution in [1.29, 1.82) is 0 Å². The number of benzene rings is 1. The first-order chi connectivity index (χ1) is 12.5. The molecular weight excluding hydrogens is 452 g/mol. The highest BCUT2D eigenvalue weighted by Gasteiger charge is 2.39. The first-order valence-corrected chi connectivity index (χ1v) is 9.37. The molecule has 1 atom stereocenters. The molecule has 1 saturated carbocycles. The fraction of sp³-hybridized carbons (Fsp3) is 0.421. The minimum absolute atomic E-state index is 0.106. The Morgan fingerprint density at radius 1 is 1.19 bits per heavy atom. The number of carbonyl (C=O) groups is 2. The van der Waals surface area contributed by atoms with Crippen LogP contribution in [0.2, 0.25) is 0 Å². The van der Waals surface area contributed by atoms with Gasteiger partial charge in [-0.1, -0.05) is 0 Å². The van der Waals surface area contributed by atoms with E-state index in [1.165, 1.54) is 42.2 Å². The molecule has 0 aliphatic heterocycles. The van der Waals surface area contributed by atoms with Gasteiger partial charge in [0.2, 0.25) is 0 Å². The highest BCUT2D eigenvalue weighted by molar-refractivity contribution is 14.1. The summed E-state index contributed by atoms with van der Waals surface area (Å²) in [4.78, 5) is 28.3. The quantitative estimate of drug-likeness (QED) is 0.378. The monoisotopic (exact) mass is 471 g/mol. The van der Waals surface area contributed by atoms with Gasteiger partial charge in [0.1, 0.15) is 5.82 Å². The van der Waals surface area contributed by atoms with E-state index in [9.17, 15) is 14.0 Å². The van der Waals surface area contributed by atoms with Crippen LogP contribution in [-0.2, 0) is 17.4 Å². The molecule has 26 heavy (non-hydrogen) atoms. The molecule has 0 saturated heterocycles. The standard InChI is InChI=1S/C19H19FINO4/c1-25-18(23)17(19(24)26-21)12-4-2-11(3-5-12)14-8-9-22-16-7-6-13(20)10-15(14)16/h6-12,17H,2-5H2,1H3/t11-,12+,17?. The van der Waals surface area contributed by atoms with Gasteiger partial charge in [-0.2, -0.15) is 0 Å². The number of aromatic nitrogens is 1. The van der Waals surface area contributed by atoms with Crippen molar-refractivity contribution in [3.63, 3.8) is 0 Å². The fourth-order valence-electron chi connectivity index (χ4n) is 3.92. The van der Waals surface area contributed by atoms with Crippen LogP contribution in [0.15, 0.2) is 30.5 Å². The summed E-state index contributed by atoms with van der Waals surface area (Å²) in [7, 11) is 1.28. The molecule has 138 valence electrons. The van der Waals surface area contributed by atoms with Crippen molar-refractivity contribution in [3.8, 4) is 0 Å². The summed E-state index contributed by atoms with van der Waals surface area (Å²) in [5.41, 5.74) is 1.84. The first-order valence-electron chi connectivity index (χ1n) is 8.49. The van der Waals surface area contributed by atoms with Crippen molar-refractivity contribution < 1.29 is 21.8 Å². The lowest BCUT2D eigenvalue weighted by atomic mass is 9.73. The highest BCUT2D eigenvalue weighted by Crippen LogP contribution is 2.41. The average Bonchev–Trinajstić information content (AvgIpc) is 2.67. The number of hydrogen-bond acceptors (Lipinski definition) is 5. The van der Waals surface area contributed by atoms with Crippen LogP contribution in [0, 0.1) is 17.7 Å². The van der Waals surface area contributed by atoms with E-state index in [2.05, 4.69) is 4.98 Å². The second-order valence-corrected chi connectivity index (χ2v) is 7.01. The van der Waals surface area contributed by atoms with E-state index in [0.29, 0.717) is 12.8 Å². The van der Waals surface area contributed by atoms with Crippen molar-refractivity contribution in [1.82, 2.24) is 4.98 Å². The molecule has 2 aromatic rings. The first kappa shape index (κ1) is 19.0. The van der Waals surface area contributed by atoms with Gasteiger partial charge in [-0.25, -0.2) is 4.39 Å². The summed E-state index contributed by atoms with van der Waals surface area (Å²) in [6.45, 7) is 0. The lowest BCUT2D eigenvalue weighted by molar-refractivity contribution is -0.157. The second-order valence-electron chi connectivity index (χ2n) is 6.57. The van der Waals surface area contributed by atoms with Crippen LogP contribution in [0.3, 0.4) is 0 Å². The lowest BCUT2D eigenvalue weighted by Gasteiger charge is -2.31. The number of ether oxygens (including phenoxy) is 1. The molecule has 0 bridgehead atoms. The third-order valence-corrected chi connectivity index (χ3v) is 5.64. The molecule has 1 aliphatic carbocycles.